The van der Waals surface area contributed by atoms with Crippen LogP contribution >= 0.6 is 0 Å². The number of benzene rings is 4. The molecule has 282 valence electrons. The summed E-state index contributed by atoms with van der Waals surface area (Å²) in [5, 5.41) is 13.9. The van der Waals surface area contributed by atoms with E-state index in [0.717, 1.165) is 24.0 Å². The van der Waals surface area contributed by atoms with E-state index in [2.05, 4.69) is 59.3 Å². The van der Waals surface area contributed by atoms with Crippen molar-refractivity contribution < 1.29 is 32.3 Å². The summed E-state index contributed by atoms with van der Waals surface area (Å²) in [6.45, 7) is 9.64. The van der Waals surface area contributed by atoms with Crippen molar-refractivity contribution in [2.24, 2.45) is 11.8 Å². The molecule has 0 aliphatic carbocycles. The summed E-state index contributed by atoms with van der Waals surface area (Å²) in [6, 6.07) is 18.2. The summed E-state index contributed by atoms with van der Waals surface area (Å²) < 4.78 is 42.1. The lowest BCUT2D eigenvalue weighted by Crippen LogP contribution is -2.26. The van der Waals surface area contributed by atoms with Crippen LogP contribution in [0.15, 0.2) is 77.2 Å². The van der Waals surface area contributed by atoms with E-state index >= 15 is 8.78 Å². The molecular formula is C41H44F2N6O5. The van der Waals surface area contributed by atoms with Crippen LogP contribution in [0.3, 0.4) is 0 Å². The number of hydrogen-bond donors (Lipinski definition) is 5. The fourth-order valence-electron chi connectivity index (χ4n) is 5.88. The van der Waals surface area contributed by atoms with Gasteiger partial charge >= 0.3 is 6.03 Å². The van der Waals surface area contributed by atoms with E-state index in [1.165, 1.54) is 24.3 Å². The smallest absolute Gasteiger partial charge is 0.323 e. The second kappa shape index (κ2) is 16.8. The van der Waals surface area contributed by atoms with Crippen LogP contribution in [0.5, 0.6) is 5.75 Å². The van der Waals surface area contributed by atoms with Gasteiger partial charge in [0.05, 0.1) is 29.9 Å². The van der Waals surface area contributed by atoms with Crippen LogP contribution in [0.4, 0.5) is 30.6 Å². The Bertz CT molecular complexity index is 2170. The van der Waals surface area contributed by atoms with Gasteiger partial charge in [-0.3, -0.25) is 9.59 Å². The second-order valence-electron chi connectivity index (χ2n) is 14.2. The molecule has 5 N–H and O–H groups in total. The van der Waals surface area contributed by atoms with Gasteiger partial charge in [0, 0.05) is 24.2 Å². The molecular weight excluding hydrogens is 694 g/mol. The van der Waals surface area contributed by atoms with Crippen molar-refractivity contribution in [2.45, 2.75) is 59.6 Å². The Balaban J connectivity index is 1.02. The van der Waals surface area contributed by atoms with Crippen LogP contribution in [-0.2, 0) is 22.4 Å². The monoisotopic (exact) mass is 738 g/mol. The fourth-order valence-corrected chi connectivity index (χ4v) is 5.88. The van der Waals surface area contributed by atoms with E-state index in [4.69, 9.17) is 9.15 Å². The van der Waals surface area contributed by atoms with Crippen LogP contribution < -0.4 is 31.3 Å². The number of hydrogen-bond acceptors (Lipinski definition) is 7. The fraction of sp³-hybridized carbons (Fsp3) is 0.317. The Morgan fingerprint density at radius 3 is 2.00 bits per heavy atom. The number of carbonyl (C=O) groups excluding carboxylic acids is 3. The van der Waals surface area contributed by atoms with Gasteiger partial charge in [-0.05, 0) is 90.4 Å². The SMILES string of the molecule is CC(C)CCNC(=O)Cc1ccc2c(c1)NC(c1ccc(NC(=O)Nc3ccc(-c4nc5cc(CC(=O)NCCC(C)C)ccc5o4)cc3F)c(F)c1)O2. The van der Waals surface area contributed by atoms with Crippen molar-refractivity contribution in [1.29, 1.82) is 0 Å². The van der Waals surface area contributed by atoms with Crippen molar-refractivity contribution in [1.82, 2.24) is 15.6 Å². The molecule has 1 atom stereocenters. The van der Waals surface area contributed by atoms with Crippen LogP contribution in [0, 0.1) is 23.5 Å². The molecule has 0 fully saturated rings. The molecule has 1 aliphatic rings. The second-order valence-corrected chi connectivity index (χ2v) is 14.2. The van der Waals surface area contributed by atoms with Crippen molar-refractivity contribution in [2.75, 3.05) is 29.0 Å². The highest BCUT2D eigenvalue weighted by Gasteiger charge is 2.25. The molecule has 6 rings (SSSR count). The van der Waals surface area contributed by atoms with Gasteiger partial charge in [-0.2, -0.15) is 0 Å². The molecule has 0 saturated carbocycles. The van der Waals surface area contributed by atoms with Gasteiger partial charge in [0.1, 0.15) is 22.9 Å². The number of ether oxygens (including phenoxy) is 1. The number of nitrogens with one attached hydrogen (secondary N) is 5. The minimum Gasteiger partial charge on any atom is -0.464 e. The van der Waals surface area contributed by atoms with Gasteiger partial charge in [0.2, 0.25) is 17.7 Å². The third-order valence-corrected chi connectivity index (χ3v) is 8.85. The molecule has 4 aromatic carbocycles. The van der Waals surface area contributed by atoms with E-state index in [9.17, 15) is 14.4 Å². The molecule has 2 heterocycles. The van der Waals surface area contributed by atoms with E-state index in [1.54, 1.807) is 36.4 Å². The van der Waals surface area contributed by atoms with E-state index in [1.807, 2.05) is 12.1 Å². The summed E-state index contributed by atoms with van der Waals surface area (Å²) in [5.41, 5.74) is 3.83. The lowest BCUT2D eigenvalue weighted by atomic mass is 10.1. The molecule has 0 radical (unpaired) electrons. The van der Waals surface area contributed by atoms with Gasteiger partial charge in [-0.25, -0.2) is 18.6 Å². The molecule has 0 bridgehead atoms. The highest BCUT2D eigenvalue weighted by atomic mass is 19.1. The Labute approximate surface area is 312 Å². The molecule has 5 aromatic rings. The van der Waals surface area contributed by atoms with Crippen molar-refractivity contribution >= 4 is 46.0 Å². The zero-order chi connectivity index (χ0) is 38.4. The molecule has 0 saturated heterocycles. The maximum atomic E-state index is 15.2. The molecule has 1 unspecified atom stereocenters. The predicted molar refractivity (Wildman–Crippen MR) is 204 cm³/mol. The minimum atomic E-state index is -0.848. The van der Waals surface area contributed by atoms with Crippen molar-refractivity contribution in [3.05, 3.63) is 101 Å². The van der Waals surface area contributed by atoms with Crippen molar-refractivity contribution in [3.63, 3.8) is 0 Å². The van der Waals surface area contributed by atoms with Gasteiger partial charge in [-0.1, -0.05) is 45.9 Å². The Morgan fingerprint density at radius 2 is 1.37 bits per heavy atom. The first kappa shape index (κ1) is 37.8. The zero-order valence-electron chi connectivity index (χ0n) is 30.6. The van der Waals surface area contributed by atoms with E-state index in [0.29, 0.717) is 58.6 Å². The summed E-state index contributed by atoms with van der Waals surface area (Å²) in [5.74, 6) is 0.121. The lowest BCUT2D eigenvalue weighted by molar-refractivity contribution is -0.121. The number of rotatable bonds is 14. The van der Waals surface area contributed by atoms with Gasteiger partial charge in [0.25, 0.3) is 0 Å². The van der Waals surface area contributed by atoms with E-state index in [-0.39, 0.29) is 41.9 Å². The minimum absolute atomic E-state index is 0.0637. The van der Waals surface area contributed by atoms with Gasteiger partial charge in [0.15, 0.2) is 11.8 Å². The largest absolute Gasteiger partial charge is 0.464 e. The number of urea groups is 1. The van der Waals surface area contributed by atoms with Crippen LogP contribution in [0.1, 0.15) is 63.5 Å². The quantitative estimate of drug-likeness (QED) is 0.0770. The first-order chi connectivity index (χ1) is 25.9. The molecule has 54 heavy (non-hydrogen) atoms. The summed E-state index contributed by atoms with van der Waals surface area (Å²) >= 11 is 0. The third kappa shape index (κ3) is 9.71. The maximum Gasteiger partial charge on any atom is 0.323 e. The predicted octanol–water partition coefficient (Wildman–Crippen LogP) is 8.33. The first-order valence-corrected chi connectivity index (χ1v) is 18.1. The highest BCUT2D eigenvalue weighted by molar-refractivity contribution is 6.00. The molecule has 1 aliphatic heterocycles. The standard InChI is InChI=1S/C41H44F2N6O5/c1-23(2)13-15-44-37(50)19-25-5-11-35-33(17-25)46-39(53-35)27-7-9-31(29(42)21-27)48-41(52)49-32-10-8-28(22-30(32)43)40-47-34-18-26(6-12-36(34)54-40)20-38(51)45-16-14-24(3)4/h5-12,17-18,21-24,39,46H,13-16,19-20H2,1-4H3,(H,44,50)(H,45,51)(H2,48,49,52). The van der Waals surface area contributed by atoms with E-state index < -0.39 is 23.9 Å². The van der Waals surface area contributed by atoms with Crippen molar-refractivity contribution in [3.8, 4) is 17.2 Å². The number of anilines is 3. The lowest BCUT2D eigenvalue weighted by Gasteiger charge is -2.14. The molecule has 4 amide bonds. The number of aromatic nitrogens is 1. The average molecular weight is 739 g/mol. The Morgan fingerprint density at radius 1 is 0.759 bits per heavy atom. The number of fused-ring (bicyclic) bond motifs is 2. The number of nitrogens with zero attached hydrogens (tertiary/aromatic N) is 1. The number of halogens is 2. The first-order valence-electron chi connectivity index (χ1n) is 18.1. The van der Waals surface area contributed by atoms with Crippen LogP contribution in [0.2, 0.25) is 0 Å². The Hall–Kier alpha value is -5.98. The number of carbonyl (C=O) groups is 3. The molecule has 13 heteroatoms. The third-order valence-electron chi connectivity index (χ3n) is 8.85. The highest BCUT2D eigenvalue weighted by Crippen LogP contribution is 2.39. The molecule has 11 nitrogen and oxygen atoms in total. The van der Waals surface area contributed by atoms with Gasteiger partial charge < -0.3 is 35.7 Å². The number of oxazole rings is 1. The average Bonchev–Trinajstić information content (AvgIpc) is 3.74. The van der Waals surface area contributed by atoms with Gasteiger partial charge in [-0.15, -0.1) is 0 Å². The zero-order valence-corrected chi connectivity index (χ0v) is 30.6. The normalized spacial score (nSPS) is 13.4. The topological polar surface area (TPSA) is 147 Å². The van der Waals surface area contributed by atoms with Crippen LogP contribution in [-0.4, -0.2) is 35.9 Å². The maximum absolute atomic E-state index is 15.2. The van der Waals surface area contributed by atoms with Crippen LogP contribution in [0.25, 0.3) is 22.6 Å². The summed E-state index contributed by atoms with van der Waals surface area (Å²) in [4.78, 5) is 41.9. The molecule has 0 spiro atoms. The molecule has 1 aromatic heterocycles. The summed E-state index contributed by atoms with van der Waals surface area (Å²) in [7, 11) is 0. The summed E-state index contributed by atoms with van der Waals surface area (Å²) in [6.07, 6.45) is 1.55. The number of amides is 4. The Kier molecular flexibility index (Phi) is 11.7.